The molecule has 2 rings (SSSR count). The molecule has 1 N–H and O–H groups in total. The minimum atomic E-state index is 0.0394. The minimum Gasteiger partial charge on any atom is -0.352 e. The van der Waals surface area contributed by atoms with Gasteiger partial charge in [-0.3, -0.25) is 4.79 Å². The van der Waals surface area contributed by atoms with Gasteiger partial charge in [0, 0.05) is 15.7 Å². The number of hydrogen-bond donors (Lipinski definition) is 1. The van der Waals surface area contributed by atoms with Crippen molar-refractivity contribution in [2.45, 2.75) is 25.7 Å². The second-order valence-corrected chi connectivity index (χ2v) is 6.26. The molecule has 0 saturated carbocycles. The molecule has 1 amide bonds. The molecular formula is C15H21IN2O. The molecule has 0 atom stereocenters. The van der Waals surface area contributed by atoms with E-state index in [0.29, 0.717) is 0 Å². The molecule has 0 unspecified atom stereocenters. The lowest BCUT2D eigenvalue weighted by Gasteiger charge is -2.14. The molecule has 4 heteroatoms. The van der Waals surface area contributed by atoms with Gasteiger partial charge in [-0.15, -0.1) is 0 Å². The summed E-state index contributed by atoms with van der Waals surface area (Å²) in [5.41, 5.74) is 0.750. The Labute approximate surface area is 128 Å². The van der Waals surface area contributed by atoms with Gasteiger partial charge in [0.1, 0.15) is 0 Å². The molecule has 1 saturated heterocycles. The fourth-order valence-corrected chi connectivity index (χ4v) is 2.73. The molecule has 0 radical (unpaired) electrons. The van der Waals surface area contributed by atoms with Gasteiger partial charge in [-0.05, 0) is 92.2 Å². The van der Waals surface area contributed by atoms with E-state index in [2.05, 4.69) is 32.8 Å². The lowest BCUT2D eigenvalue weighted by atomic mass is 10.2. The van der Waals surface area contributed by atoms with Crippen LogP contribution in [0, 0.1) is 3.57 Å². The van der Waals surface area contributed by atoms with Crippen molar-refractivity contribution in [3.63, 3.8) is 0 Å². The summed E-state index contributed by atoms with van der Waals surface area (Å²) in [5.74, 6) is 0.0394. The third-order valence-electron chi connectivity index (χ3n) is 3.49. The quantitative estimate of drug-likeness (QED) is 0.615. The number of amides is 1. The molecule has 1 fully saturated rings. The van der Waals surface area contributed by atoms with E-state index in [9.17, 15) is 4.79 Å². The van der Waals surface area contributed by atoms with Crippen molar-refractivity contribution in [1.29, 1.82) is 0 Å². The number of nitrogens with one attached hydrogen (secondary N) is 1. The first-order valence-corrected chi connectivity index (χ1v) is 8.10. The number of halogens is 1. The van der Waals surface area contributed by atoms with E-state index in [1.54, 1.807) is 0 Å². The lowest BCUT2D eigenvalue weighted by molar-refractivity contribution is 0.0952. The van der Waals surface area contributed by atoms with Crippen molar-refractivity contribution < 1.29 is 4.79 Å². The average molecular weight is 372 g/mol. The van der Waals surface area contributed by atoms with Crippen LogP contribution < -0.4 is 5.32 Å². The number of unbranched alkanes of at least 4 members (excludes halogenated alkanes) is 1. The predicted molar refractivity (Wildman–Crippen MR) is 86.4 cm³/mol. The zero-order valence-corrected chi connectivity index (χ0v) is 13.4. The Kier molecular flexibility index (Phi) is 6.10. The highest BCUT2D eigenvalue weighted by atomic mass is 127. The van der Waals surface area contributed by atoms with E-state index in [1.165, 1.54) is 38.9 Å². The van der Waals surface area contributed by atoms with Crippen LogP contribution in [0.25, 0.3) is 0 Å². The minimum absolute atomic E-state index is 0.0394. The topological polar surface area (TPSA) is 32.3 Å². The first-order valence-electron chi connectivity index (χ1n) is 7.02. The lowest BCUT2D eigenvalue weighted by Crippen LogP contribution is -2.26. The molecule has 1 aliphatic heterocycles. The zero-order valence-electron chi connectivity index (χ0n) is 11.2. The highest BCUT2D eigenvalue weighted by Gasteiger charge is 2.10. The number of carbonyl (C=O) groups excluding carboxylic acids is 1. The van der Waals surface area contributed by atoms with Crippen molar-refractivity contribution in [3.05, 3.63) is 33.4 Å². The van der Waals surface area contributed by atoms with Crippen molar-refractivity contribution in [1.82, 2.24) is 10.2 Å². The second-order valence-electron chi connectivity index (χ2n) is 5.02. The van der Waals surface area contributed by atoms with Gasteiger partial charge < -0.3 is 10.2 Å². The monoisotopic (exact) mass is 372 g/mol. The first kappa shape index (κ1) is 14.8. The fraction of sp³-hybridized carbons (Fsp3) is 0.533. The van der Waals surface area contributed by atoms with Gasteiger partial charge in [-0.1, -0.05) is 0 Å². The van der Waals surface area contributed by atoms with E-state index in [0.717, 1.165) is 22.1 Å². The summed E-state index contributed by atoms with van der Waals surface area (Å²) >= 11 is 2.24. The van der Waals surface area contributed by atoms with Gasteiger partial charge in [0.05, 0.1) is 0 Å². The summed E-state index contributed by atoms with van der Waals surface area (Å²) in [4.78, 5) is 14.4. The van der Waals surface area contributed by atoms with Crippen LogP contribution >= 0.6 is 22.6 Å². The van der Waals surface area contributed by atoms with E-state index in [1.807, 2.05) is 24.3 Å². The van der Waals surface area contributed by atoms with Gasteiger partial charge in [0.25, 0.3) is 5.91 Å². The summed E-state index contributed by atoms with van der Waals surface area (Å²) in [5, 5.41) is 2.98. The first-order chi connectivity index (χ1) is 9.25. The molecule has 3 nitrogen and oxygen atoms in total. The number of nitrogens with zero attached hydrogens (tertiary/aromatic N) is 1. The van der Waals surface area contributed by atoms with Crippen LogP contribution in [0.5, 0.6) is 0 Å². The van der Waals surface area contributed by atoms with Crippen LogP contribution in [0.15, 0.2) is 24.3 Å². The predicted octanol–water partition coefficient (Wildman–Crippen LogP) is 2.90. The van der Waals surface area contributed by atoms with Gasteiger partial charge in [-0.2, -0.15) is 0 Å². The van der Waals surface area contributed by atoms with Crippen LogP contribution in [0.2, 0.25) is 0 Å². The Bertz CT molecular complexity index is 399. The van der Waals surface area contributed by atoms with Gasteiger partial charge >= 0.3 is 0 Å². The molecule has 1 aliphatic rings. The standard InChI is InChI=1S/C15H21IN2O/c16-14-7-5-13(6-8-14)15(19)17-9-1-2-10-18-11-3-4-12-18/h5-8H,1-4,9-12H2,(H,17,19). The molecule has 1 aromatic rings. The molecule has 104 valence electrons. The summed E-state index contributed by atoms with van der Waals surface area (Å²) in [6, 6.07) is 7.67. The molecule has 0 spiro atoms. The fourth-order valence-electron chi connectivity index (χ4n) is 2.37. The Balaban J connectivity index is 1.59. The van der Waals surface area contributed by atoms with Crippen LogP contribution in [-0.4, -0.2) is 37.0 Å². The second kappa shape index (κ2) is 7.85. The molecule has 0 aliphatic carbocycles. The SMILES string of the molecule is O=C(NCCCCN1CCCC1)c1ccc(I)cc1. The number of rotatable bonds is 6. The van der Waals surface area contributed by atoms with Crippen molar-refractivity contribution in [2.75, 3.05) is 26.2 Å². The molecule has 1 aromatic carbocycles. The van der Waals surface area contributed by atoms with Crippen molar-refractivity contribution in [2.24, 2.45) is 0 Å². The zero-order chi connectivity index (χ0) is 13.5. The molecule has 19 heavy (non-hydrogen) atoms. The van der Waals surface area contributed by atoms with Crippen molar-refractivity contribution in [3.8, 4) is 0 Å². The van der Waals surface area contributed by atoms with E-state index in [-0.39, 0.29) is 5.91 Å². The summed E-state index contributed by atoms with van der Waals surface area (Å²) < 4.78 is 1.15. The third kappa shape index (κ3) is 5.10. The third-order valence-corrected chi connectivity index (χ3v) is 4.21. The molecule has 0 aromatic heterocycles. The smallest absolute Gasteiger partial charge is 0.251 e. The Hall–Kier alpha value is -0.620. The van der Waals surface area contributed by atoms with E-state index >= 15 is 0 Å². The Morgan fingerprint density at radius 1 is 1.16 bits per heavy atom. The van der Waals surface area contributed by atoms with Crippen LogP contribution in [0.1, 0.15) is 36.0 Å². The van der Waals surface area contributed by atoms with Crippen LogP contribution in [0.4, 0.5) is 0 Å². The van der Waals surface area contributed by atoms with Crippen molar-refractivity contribution >= 4 is 28.5 Å². The molecule has 0 bridgehead atoms. The van der Waals surface area contributed by atoms with Gasteiger partial charge in [0.15, 0.2) is 0 Å². The summed E-state index contributed by atoms with van der Waals surface area (Å²) in [6.07, 6.45) is 4.94. The Morgan fingerprint density at radius 2 is 1.84 bits per heavy atom. The number of hydrogen-bond acceptors (Lipinski definition) is 2. The number of carbonyl (C=O) groups is 1. The highest BCUT2D eigenvalue weighted by Crippen LogP contribution is 2.08. The van der Waals surface area contributed by atoms with Crippen LogP contribution in [0.3, 0.4) is 0 Å². The summed E-state index contributed by atoms with van der Waals surface area (Å²) in [7, 11) is 0. The maximum Gasteiger partial charge on any atom is 0.251 e. The van der Waals surface area contributed by atoms with Gasteiger partial charge in [-0.25, -0.2) is 0 Å². The molecular weight excluding hydrogens is 351 g/mol. The largest absolute Gasteiger partial charge is 0.352 e. The number of benzene rings is 1. The van der Waals surface area contributed by atoms with Crippen LogP contribution in [-0.2, 0) is 0 Å². The normalized spacial score (nSPS) is 15.6. The Morgan fingerprint density at radius 3 is 2.53 bits per heavy atom. The summed E-state index contributed by atoms with van der Waals surface area (Å²) in [6.45, 7) is 4.47. The van der Waals surface area contributed by atoms with E-state index < -0.39 is 0 Å². The maximum absolute atomic E-state index is 11.9. The number of likely N-dealkylation sites (tertiary alicyclic amines) is 1. The van der Waals surface area contributed by atoms with E-state index in [4.69, 9.17) is 0 Å². The maximum atomic E-state index is 11.9. The molecule has 1 heterocycles. The highest BCUT2D eigenvalue weighted by molar-refractivity contribution is 14.1. The average Bonchev–Trinajstić information content (AvgIpc) is 2.92. The van der Waals surface area contributed by atoms with Gasteiger partial charge in [0.2, 0.25) is 0 Å².